The van der Waals surface area contributed by atoms with Crippen molar-refractivity contribution in [1.29, 1.82) is 0 Å². The van der Waals surface area contributed by atoms with Crippen LogP contribution in [0.25, 0.3) is 10.9 Å². The van der Waals surface area contributed by atoms with E-state index < -0.39 is 0 Å². The lowest BCUT2D eigenvalue weighted by Gasteiger charge is -1.93. The highest BCUT2D eigenvalue weighted by Crippen LogP contribution is 2.18. The first-order chi connectivity index (χ1) is 8.33. The van der Waals surface area contributed by atoms with Crippen LogP contribution in [0, 0.1) is 0 Å². The zero-order valence-corrected chi connectivity index (χ0v) is 12.3. The highest BCUT2D eigenvalue weighted by atomic mass is 32.1. The first kappa shape index (κ1) is 16.1. The van der Waals surface area contributed by atoms with Gasteiger partial charge in [0.05, 0.1) is 0 Å². The van der Waals surface area contributed by atoms with Gasteiger partial charge >= 0.3 is 0 Å². The molecule has 0 amide bonds. The summed E-state index contributed by atoms with van der Waals surface area (Å²) >= 11 is 3.53. The maximum absolute atomic E-state index is 3.53. The largest absolute Gasteiger partial charge is 0.361 e. The number of aryl methyl sites for hydroxylation is 1. The van der Waals surface area contributed by atoms with Gasteiger partial charge in [0.15, 0.2) is 0 Å². The van der Waals surface area contributed by atoms with Crippen molar-refractivity contribution in [2.24, 2.45) is 0 Å². The van der Waals surface area contributed by atoms with Gasteiger partial charge in [-0.15, -0.1) is 0 Å². The molecule has 0 aliphatic heterocycles. The van der Waals surface area contributed by atoms with Gasteiger partial charge < -0.3 is 4.98 Å². The molecule has 96 valence electrons. The van der Waals surface area contributed by atoms with Crippen LogP contribution in [0.5, 0.6) is 0 Å². The van der Waals surface area contributed by atoms with Crippen molar-refractivity contribution in [3.8, 4) is 0 Å². The van der Waals surface area contributed by atoms with E-state index in [2.05, 4.69) is 68.8 Å². The highest BCUT2D eigenvalue weighted by molar-refractivity contribution is 7.79. The van der Waals surface area contributed by atoms with Crippen molar-refractivity contribution < 1.29 is 0 Å². The van der Waals surface area contributed by atoms with E-state index in [0.717, 1.165) is 0 Å². The van der Waals surface area contributed by atoms with Crippen molar-refractivity contribution in [3.63, 3.8) is 0 Å². The first-order valence-corrected chi connectivity index (χ1v) is 7.22. The van der Waals surface area contributed by atoms with Crippen LogP contribution in [0.4, 0.5) is 0 Å². The van der Waals surface area contributed by atoms with Crippen LogP contribution in [0.3, 0.4) is 0 Å². The fourth-order valence-corrected chi connectivity index (χ4v) is 1.61. The number of fused-ring (bicyclic) bond motifs is 1. The van der Waals surface area contributed by atoms with Crippen molar-refractivity contribution in [3.05, 3.63) is 36.0 Å². The molecule has 0 saturated carbocycles. The maximum atomic E-state index is 3.53. The Morgan fingerprint density at radius 3 is 2.24 bits per heavy atom. The molecule has 1 N–H and O–H groups in total. The minimum atomic E-state index is 1.17. The van der Waals surface area contributed by atoms with Gasteiger partial charge in [0.1, 0.15) is 0 Å². The van der Waals surface area contributed by atoms with Gasteiger partial charge in [-0.3, -0.25) is 0 Å². The summed E-state index contributed by atoms with van der Waals surface area (Å²) in [5.41, 5.74) is 2.69. The lowest BCUT2D eigenvalue weighted by molar-refractivity contribution is 0.929. The number of aromatic nitrogens is 1. The van der Waals surface area contributed by atoms with E-state index in [0.29, 0.717) is 0 Å². The second-order valence-corrected chi connectivity index (χ2v) is 3.82. The number of benzene rings is 1. The molecule has 0 aliphatic carbocycles. The molecule has 0 fully saturated rings. The zero-order chi connectivity index (χ0) is 13.1. The van der Waals surface area contributed by atoms with Crippen LogP contribution in [0.1, 0.15) is 39.2 Å². The molecule has 0 unspecified atom stereocenters. The topological polar surface area (TPSA) is 15.8 Å². The molecule has 2 aromatic rings. The van der Waals surface area contributed by atoms with Gasteiger partial charge in [0.2, 0.25) is 0 Å². The third-order valence-electron chi connectivity index (χ3n) is 2.19. The van der Waals surface area contributed by atoms with Gasteiger partial charge in [0.25, 0.3) is 0 Å². The Morgan fingerprint density at radius 1 is 1.06 bits per heavy atom. The van der Waals surface area contributed by atoms with Gasteiger partial charge in [-0.25, -0.2) is 0 Å². The molecule has 1 aromatic carbocycles. The minimum absolute atomic E-state index is 1.17. The second-order valence-electron chi connectivity index (χ2n) is 3.82. The summed E-state index contributed by atoms with van der Waals surface area (Å²) in [7, 11) is 0. The summed E-state index contributed by atoms with van der Waals surface area (Å²) < 4.78 is 0. The minimum Gasteiger partial charge on any atom is -0.361 e. The summed E-state index contributed by atoms with van der Waals surface area (Å²) in [6.45, 7) is 6.46. The number of rotatable bonds is 2. The van der Waals surface area contributed by atoms with Crippen LogP contribution in [0.15, 0.2) is 30.5 Å². The summed E-state index contributed by atoms with van der Waals surface area (Å²) in [6, 6.07) is 8.45. The lowest BCUT2D eigenvalue weighted by Crippen LogP contribution is -1.77. The smallest absolute Gasteiger partial charge is 0.0456 e. The Balaban J connectivity index is 0.000000450. The van der Waals surface area contributed by atoms with Gasteiger partial charge in [-0.1, -0.05) is 51.8 Å². The summed E-state index contributed by atoms with van der Waals surface area (Å²) in [5, 5.41) is 1.37. The van der Waals surface area contributed by atoms with Crippen molar-refractivity contribution in [2.75, 3.05) is 6.26 Å². The average molecular weight is 251 g/mol. The first-order valence-electron chi connectivity index (χ1n) is 6.33. The molecule has 0 atom stereocenters. The molecule has 0 bridgehead atoms. The second kappa shape index (κ2) is 10.3. The van der Waals surface area contributed by atoms with Gasteiger partial charge in [0, 0.05) is 17.1 Å². The Hall–Kier alpha value is -0.890. The van der Waals surface area contributed by atoms with E-state index in [9.17, 15) is 0 Å². The third-order valence-corrected chi connectivity index (χ3v) is 2.19. The number of para-hydroxylation sites is 1. The Labute approximate surface area is 111 Å². The van der Waals surface area contributed by atoms with Crippen LogP contribution in [-0.4, -0.2) is 11.2 Å². The van der Waals surface area contributed by atoms with Crippen molar-refractivity contribution >= 4 is 23.5 Å². The molecule has 0 aliphatic rings. The monoisotopic (exact) mass is 251 g/mol. The number of H-pyrrole nitrogens is 1. The van der Waals surface area contributed by atoms with E-state index in [-0.39, 0.29) is 0 Å². The highest BCUT2D eigenvalue weighted by Gasteiger charge is 1.99. The average Bonchev–Trinajstić information content (AvgIpc) is 2.77. The van der Waals surface area contributed by atoms with Gasteiger partial charge in [-0.05, 0) is 24.3 Å². The number of aromatic amines is 1. The molecule has 2 heteroatoms. The molecule has 0 spiro atoms. The predicted octanol–water partition coefficient (Wildman–Crippen LogP) is 5.08. The third kappa shape index (κ3) is 5.31. The SMILES string of the molecule is CCC.CCCc1c[nH]c2ccccc12.CS. The summed E-state index contributed by atoms with van der Waals surface area (Å²) in [5.74, 6) is 0. The Morgan fingerprint density at radius 2 is 1.65 bits per heavy atom. The van der Waals surface area contributed by atoms with Crippen molar-refractivity contribution in [1.82, 2.24) is 4.98 Å². The zero-order valence-electron chi connectivity index (χ0n) is 11.5. The molecule has 17 heavy (non-hydrogen) atoms. The maximum Gasteiger partial charge on any atom is 0.0456 e. The summed E-state index contributed by atoms with van der Waals surface area (Å²) in [4.78, 5) is 3.27. The quantitative estimate of drug-likeness (QED) is 0.692. The lowest BCUT2D eigenvalue weighted by atomic mass is 10.1. The van der Waals surface area contributed by atoms with Crippen molar-refractivity contribution in [2.45, 2.75) is 40.0 Å². The van der Waals surface area contributed by atoms with Crippen LogP contribution in [-0.2, 0) is 6.42 Å². The molecule has 0 saturated heterocycles. The number of hydrogen-bond acceptors (Lipinski definition) is 1. The Bertz CT molecular complexity index is 392. The number of hydrogen-bond donors (Lipinski definition) is 2. The fourth-order valence-electron chi connectivity index (χ4n) is 1.61. The molecular weight excluding hydrogens is 226 g/mol. The molecule has 1 heterocycles. The standard InChI is InChI=1S/C11H13N.C3H8.CH4S/c1-2-5-9-8-12-11-7-4-3-6-10(9)11;1-3-2;1-2/h3-4,6-8,12H,2,5H2,1H3;3H2,1-2H3;2H,1H3. The number of thiol groups is 1. The molecular formula is C15H25NS. The normalized spacial score (nSPS) is 9.00. The summed E-state index contributed by atoms with van der Waals surface area (Å²) in [6.07, 6.45) is 7.44. The molecule has 1 aromatic heterocycles. The van der Waals surface area contributed by atoms with E-state index in [1.807, 2.05) is 0 Å². The molecule has 0 radical (unpaired) electrons. The van der Waals surface area contributed by atoms with E-state index in [4.69, 9.17) is 0 Å². The van der Waals surface area contributed by atoms with Crippen LogP contribution < -0.4 is 0 Å². The Kier molecular flexibility index (Phi) is 9.74. The fraction of sp³-hybridized carbons (Fsp3) is 0.467. The van der Waals surface area contributed by atoms with E-state index >= 15 is 0 Å². The van der Waals surface area contributed by atoms with E-state index in [1.165, 1.54) is 35.7 Å². The van der Waals surface area contributed by atoms with Gasteiger partial charge in [-0.2, -0.15) is 12.6 Å². The van der Waals surface area contributed by atoms with E-state index in [1.54, 1.807) is 6.26 Å². The number of nitrogens with one attached hydrogen (secondary N) is 1. The molecule has 2 rings (SSSR count). The predicted molar refractivity (Wildman–Crippen MR) is 83.2 cm³/mol. The molecule has 1 nitrogen and oxygen atoms in total. The van der Waals surface area contributed by atoms with Crippen LogP contribution in [0.2, 0.25) is 0 Å². The van der Waals surface area contributed by atoms with Crippen LogP contribution >= 0.6 is 12.6 Å².